The van der Waals surface area contributed by atoms with E-state index in [1.165, 1.54) is 0 Å². The fraction of sp³-hybridized carbons (Fsp3) is 0.641. The highest BCUT2D eigenvalue weighted by atomic mass is 16.7. The highest BCUT2D eigenvalue weighted by molar-refractivity contribution is 5.94. The van der Waals surface area contributed by atoms with Crippen molar-refractivity contribution in [2.24, 2.45) is 35.5 Å². The zero-order valence-electron chi connectivity index (χ0n) is 30.3. The van der Waals surface area contributed by atoms with Crippen LogP contribution in [0.4, 0.5) is 0 Å². The highest BCUT2D eigenvalue weighted by Gasteiger charge is 2.42. The van der Waals surface area contributed by atoms with Gasteiger partial charge in [-0.2, -0.15) is 0 Å². The molecule has 2 saturated heterocycles. The van der Waals surface area contributed by atoms with Crippen LogP contribution in [0.25, 0.3) is 0 Å². The first-order chi connectivity index (χ1) is 21.6. The van der Waals surface area contributed by atoms with Crippen LogP contribution in [0.3, 0.4) is 0 Å². The average molecular weight is 637 g/mol. The molecule has 0 spiro atoms. The Balaban J connectivity index is 1.64. The van der Waals surface area contributed by atoms with Crippen molar-refractivity contribution < 1.29 is 33.3 Å². The van der Waals surface area contributed by atoms with Crippen LogP contribution < -0.4 is 4.74 Å². The van der Waals surface area contributed by atoms with Crippen molar-refractivity contribution in [2.75, 3.05) is 0 Å². The lowest BCUT2D eigenvalue weighted by molar-refractivity contribution is -0.225. The van der Waals surface area contributed by atoms with Crippen LogP contribution in [0.15, 0.2) is 18.2 Å². The molecule has 4 rings (SSSR count). The minimum Gasteiger partial charge on any atom is -0.456 e. The second kappa shape index (κ2) is 14.5. The molecule has 254 valence electrons. The maximum absolute atomic E-state index is 13.9. The Bertz CT molecular complexity index is 1430. The predicted molar refractivity (Wildman–Crippen MR) is 180 cm³/mol. The largest absolute Gasteiger partial charge is 0.456 e. The van der Waals surface area contributed by atoms with Crippen LogP contribution in [0.2, 0.25) is 0 Å². The maximum atomic E-state index is 13.9. The standard InChI is InChI=1S/C39H56O7/c1-14-32-25(9)23(7)28(12)38(43-32)45-36(40)30-16-19(3)22(6)34(18-30)42-35-27(11)21(5)20(4)17-31(35)37(41)46-39-29(13)24(8)26(10)33(15-2)44-39/h16-18,23-26,28-29,32-33,38-39H,14-15H2,1-13H3/t23-,24?,25?,26-,28-,29+,32?,33?,38?,39-/m0/s1. The van der Waals surface area contributed by atoms with Crippen molar-refractivity contribution in [1.82, 2.24) is 0 Å². The molecule has 0 N–H and O–H groups in total. The number of esters is 2. The van der Waals surface area contributed by atoms with Gasteiger partial charge in [-0.15, -0.1) is 0 Å². The van der Waals surface area contributed by atoms with Crippen molar-refractivity contribution in [3.05, 3.63) is 57.1 Å². The van der Waals surface area contributed by atoms with Gasteiger partial charge in [0.2, 0.25) is 12.6 Å². The Kier molecular flexibility index (Phi) is 11.3. The van der Waals surface area contributed by atoms with E-state index in [4.69, 9.17) is 23.7 Å². The van der Waals surface area contributed by atoms with E-state index < -0.39 is 24.5 Å². The van der Waals surface area contributed by atoms with E-state index in [2.05, 4.69) is 55.4 Å². The van der Waals surface area contributed by atoms with E-state index in [9.17, 15) is 9.59 Å². The molecule has 7 nitrogen and oxygen atoms in total. The zero-order valence-corrected chi connectivity index (χ0v) is 30.3. The Morgan fingerprint density at radius 1 is 0.609 bits per heavy atom. The summed E-state index contributed by atoms with van der Waals surface area (Å²) in [5, 5.41) is 0. The lowest BCUT2D eigenvalue weighted by atomic mass is 9.78. The third kappa shape index (κ3) is 7.01. The lowest BCUT2D eigenvalue weighted by Crippen LogP contribution is -2.46. The first-order valence-electron chi connectivity index (χ1n) is 17.2. The van der Waals surface area contributed by atoms with E-state index in [1.54, 1.807) is 6.07 Å². The summed E-state index contributed by atoms with van der Waals surface area (Å²) in [6, 6.07) is 5.34. The van der Waals surface area contributed by atoms with Crippen molar-refractivity contribution in [3.8, 4) is 11.5 Å². The number of ether oxygens (including phenoxy) is 5. The smallest absolute Gasteiger partial charge is 0.344 e. The van der Waals surface area contributed by atoms with Crippen molar-refractivity contribution in [3.63, 3.8) is 0 Å². The van der Waals surface area contributed by atoms with Gasteiger partial charge in [0.15, 0.2) is 0 Å². The molecule has 2 fully saturated rings. The molecule has 0 radical (unpaired) electrons. The monoisotopic (exact) mass is 636 g/mol. The van der Waals surface area contributed by atoms with Crippen LogP contribution in [0, 0.1) is 70.1 Å². The number of hydrogen-bond acceptors (Lipinski definition) is 7. The first kappa shape index (κ1) is 35.9. The Hall–Kier alpha value is -2.90. The molecular weight excluding hydrogens is 580 g/mol. The fourth-order valence-electron chi connectivity index (χ4n) is 7.02. The molecule has 2 heterocycles. The van der Waals surface area contributed by atoms with E-state index in [1.807, 2.05) is 46.8 Å². The predicted octanol–water partition coefficient (Wildman–Crippen LogP) is 9.42. The normalized spacial score (nSPS) is 31.3. The number of carbonyl (C=O) groups excluding carboxylic acids is 2. The number of aryl methyl sites for hydroxylation is 2. The van der Waals surface area contributed by atoms with Gasteiger partial charge in [0.05, 0.1) is 17.8 Å². The molecule has 0 saturated carbocycles. The Morgan fingerprint density at radius 2 is 1.09 bits per heavy atom. The quantitative estimate of drug-likeness (QED) is 0.267. The van der Waals surface area contributed by atoms with E-state index >= 15 is 0 Å². The van der Waals surface area contributed by atoms with E-state index in [-0.39, 0.29) is 24.0 Å². The summed E-state index contributed by atoms with van der Waals surface area (Å²) in [7, 11) is 0. The first-order valence-corrected chi connectivity index (χ1v) is 17.2. The molecule has 2 aromatic rings. The SMILES string of the molecule is CCC1OC(OC(=O)c2cc(C)c(C)c(Oc3c(C(=O)O[C@@H]4OC(CC)[C@@H](C)C(C)[C@H]4C)cc(C)c(C)c3C)c2)[C@@H](C)[C@@H](C)C1C. The van der Waals surface area contributed by atoms with Gasteiger partial charge in [-0.3, -0.25) is 0 Å². The van der Waals surface area contributed by atoms with E-state index in [0.717, 1.165) is 40.7 Å². The third-order valence-electron chi connectivity index (χ3n) is 11.6. The molecule has 2 aromatic carbocycles. The lowest BCUT2D eigenvalue weighted by Gasteiger charge is -2.42. The molecule has 10 atom stereocenters. The molecule has 46 heavy (non-hydrogen) atoms. The van der Waals surface area contributed by atoms with Gasteiger partial charge in [0, 0.05) is 11.8 Å². The molecule has 0 aliphatic carbocycles. The summed E-state index contributed by atoms with van der Waals surface area (Å²) in [4.78, 5) is 27.4. The van der Waals surface area contributed by atoms with Gasteiger partial charge in [-0.05, 0) is 117 Å². The summed E-state index contributed by atoms with van der Waals surface area (Å²) in [5.74, 6) is 1.48. The van der Waals surface area contributed by atoms with Crippen LogP contribution in [-0.2, 0) is 18.9 Å². The fourth-order valence-corrected chi connectivity index (χ4v) is 7.02. The molecule has 0 aromatic heterocycles. The molecule has 7 heteroatoms. The van der Waals surface area contributed by atoms with E-state index in [0.29, 0.717) is 46.3 Å². The van der Waals surface area contributed by atoms with Crippen LogP contribution in [0.1, 0.15) is 117 Å². The molecule has 0 amide bonds. The second-order valence-electron chi connectivity index (χ2n) is 14.2. The molecule has 2 aliphatic heterocycles. The van der Waals surface area contributed by atoms with Crippen molar-refractivity contribution in [2.45, 2.75) is 128 Å². The van der Waals surface area contributed by atoms with Gasteiger partial charge in [0.25, 0.3) is 0 Å². The van der Waals surface area contributed by atoms with Gasteiger partial charge in [0.1, 0.15) is 17.1 Å². The topological polar surface area (TPSA) is 80.3 Å². The number of carbonyl (C=O) groups is 2. The number of benzene rings is 2. The summed E-state index contributed by atoms with van der Waals surface area (Å²) < 4.78 is 31.2. The van der Waals surface area contributed by atoms with Crippen molar-refractivity contribution in [1.29, 1.82) is 0 Å². The molecule has 5 unspecified atom stereocenters. The minimum atomic E-state index is -0.650. The maximum Gasteiger partial charge on any atom is 0.344 e. The van der Waals surface area contributed by atoms with Gasteiger partial charge >= 0.3 is 11.9 Å². The van der Waals surface area contributed by atoms with Crippen LogP contribution in [0.5, 0.6) is 11.5 Å². The summed E-state index contributed by atoms with van der Waals surface area (Å²) in [5.41, 5.74) is 5.26. The van der Waals surface area contributed by atoms with Crippen LogP contribution in [-0.4, -0.2) is 36.7 Å². The zero-order chi connectivity index (χ0) is 34.2. The third-order valence-corrected chi connectivity index (χ3v) is 11.6. The number of hydrogen-bond donors (Lipinski definition) is 0. The average Bonchev–Trinajstić information content (AvgIpc) is 3.03. The van der Waals surface area contributed by atoms with Crippen molar-refractivity contribution >= 4 is 11.9 Å². The summed E-state index contributed by atoms with van der Waals surface area (Å²) >= 11 is 0. The molecular formula is C39H56O7. The Labute approximate surface area is 276 Å². The summed E-state index contributed by atoms with van der Waals surface area (Å²) in [6.45, 7) is 27.0. The second-order valence-corrected chi connectivity index (χ2v) is 14.2. The summed E-state index contributed by atoms with van der Waals surface area (Å²) in [6.07, 6.45) is 0.496. The van der Waals surface area contributed by atoms with Gasteiger partial charge in [-0.1, -0.05) is 55.4 Å². The highest BCUT2D eigenvalue weighted by Crippen LogP contribution is 2.40. The van der Waals surface area contributed by atoms with Gasteiger partial charge in [-0.25, -0.2) is 9.59 Å². The molecule has 0 bridgehead atoms. The number of rotatable bonds is 8. The van der Waals surface area contributed by atoms with Gasteiger partial charge < -0.3 is 23.7 Å². The minimum absolute atomic E-state index is 0.0239. The Morgan fingerprint density at radius 3 is 1.59 bits per heavy atom. The van der Waals surface area contributed by atoms with Crippen LogP contribution >= 0.6 is 0 Å². The molecule has 2 aliphatic rings.